The van der Waals surface area contributed by atoms with Gasteiger partial charge in [0, 0.05) is 18.1 Å². The van der Waals surface area contributed by atoms with E-state index in [1.165, 1.54) is 12.1 Å². The number of amides is 1. The zero-order chi connectivity index (χ0) is 21.1. The van der Waals surface area contributed by atoms with Crippen molar-refractivity contribution in [2.45, 2.75) is 11.3 Å². The molecular formula is C21H17ClN4O3S. The number of nitrogens with zero attached hydrogens (tertiary/aromatic N) is 2. The van der Waals surface area contributed by atoms with Crippen LogP contribution in [0.25, 0.3) is 5.65 Å². The average Bonchev–Trinajstić information content (AvgIpc) is 3.12. The van der Waals surface area contributed by atoms with Gasteiger partial charge in [-0.3, -0.25) is 9.52 Å². The number of imidazole rings is 1. The van der Waals surface area contributed by atoms with Crippen molar-refractivity contribution in [2.24, 2.45) is 0 Å². The second-order valence-electron chi connectivity index (χ2n) is 6.54. The molecule has 0 spiro atoms. The summed E-state index contributed by atoms with van der Waals surface area (Å²) in [5.74, 6) is -0.299. The molecule has 4 rings (SSSR count). The molecule has 0 unspecified atom stereocenters. The minimum Gasteiger partial charge on any atom is -0.326 e. The van der Waals surface area contributed by atoms with Crippen molar-refractivity contribution < 1.29 is 13.2 Å². The second kappa shape index (κ2) is 8.17. The van der Waals surface area contributed by atoms with E-state index >= 15 is 0 Å². The quantitative estimate of drug-likeness (QED) is 0.474. The number of pyridine rings is 1. The molecule has 2 heterocycles. The molecule has 0 aliphatic heterocycles. The Labute approximate surface area is 178 Å². The first-order chi connectivity index (χ1) is 14.4. The molecule has 7 nitrogen and oxygen atoms in total. The van der Waals surface area contributed by atoms with Crippen LogP contribution in [0.5, 0.6) is 0 Å². The number of carbonyl (C=O) groups excluding carboxylic acids is 1. The van der Waals surface area contributed by atoms with Gasteiger partial charge in [0.1, 0.15) is 5.65 Å². The lowest BCUT2D eigenvalue weighted by Crippen LogP contribution is -2.16. The number of carbonyl (C=O) groups is 1. The summed E-state index contributed by atoms with van der Waals surface area (Å²) in [6.07, 6.45) is 3.70. The summed E-state index contributed by atoms with van der Waals surface area (Å²) in [4.78, 5) is 16.8. The lowest BCUT2D eigenvalue weighted by Gasteiger charge is -2.11. The van der Waals surface area contributed by atoms with E-state index in [9.17, 15) is 13.2 Å². The number of anilines is 2. The van der Waals surface area contributed by atoms with Crippen molar-refractivity contribution in [3.05, 3.63) is 89.8 Å². The Morgan fingerprint density at radius 2 is 1.83 bits per heavy atom. The molecule has 2 aromatic carbocycles. The maximum absolute atomic E-state index is 12.7. The van der Waals surface area contributed by atoms with E-state index < -0.39 is 10.0 Å². The Morgan fingerprint density at radius 1 is 1.03 bits per heavy atom. The van der Waals surface area contributed by atoms with Gasteiger partial charge < -0.3 is 9.72 Å². The molecule has 0 fully saturated rings. The third-order valence-corrected chi connectivity index (χ3v) is 5.99. The molecule has 0 bridgehead atoms. The van der Waals surface area contributed by atoms with Crippen LogP contribution in [0.3, 0.4) is 0 Å². The fourth-order valence-electron chi connectivity index (χ4n) is 2.93. The second-order valence-corrected chi connectivity index (χ2v) is 8.63. The third-order valence-electron chi connectivity index (χ3n) is 4.30. The maximum atomic E-state index is 12.7. The lowest BCUT2D eigenvalue weighted by atomic mass is 10.3. The topological polar surface area (TPSA) is 92.6 Å². The summed E-state index contributed by atoms with van der Waals surface area (Å²) in [6, 6.07) is 18.2. The van der Waals surface area contributed by atoms with Gasteiger partial charge in [0.2, 0.25) is 5.91 Å². The number of rotatable bonds is 6. The number of fused-ring (bicyclic) bond motifs is 1. The summed E-state index contributed by atoms with van der Waals surface area (Å²) in [5, 5.41) is 3.01. The van der Waals surface area contributed by atoms with Crippen LogP contribution in [-0.4, -0.2) is 23.7 Å². The first-order valence-corrected chi connectivity index (χ1v) is 10.9. The molecule has 30 heavy (non-hydrogen) atoms. The van der Waals surface area contributed by atoms with Gasteiger partial charge in [-0.15, -0.1) is 0 Å². The van der Waals surface area contributed by atoms with Gasteiger partial charge in [-0.1, -0.05) is 35.9 Å². The molecule has 2 N–H and O–H groups in total. The summed E-state index contributed by atoms with van der Waals surface area (Å²) in [6.45, 7) is 0. The van der Waals surface area contributed by atoms with Crippen molar-refractivity contribution in [3.8, 4) is 0 Å². The van der Waals surface area contributed by atoms with Gasteiger partial charge in [-0.25, -0.2) is 13.4 Å². The number of hydrogen-bond donors (Lipinski definition) is 2. The minimum atomic E-state index is -3.87. The highest BCUT2D eigenvalue weighted by atomic mass is 35.5. The van der Waals surface area contributed by atoms with Crippen LogP contribution >= 0.6 is 11.6 Å². The summed E-state index contributed by atoms with van der Waals surface area (Å²) < 4.78 is 29.7. The number of aromatic nitrogens is 2. The predicted molar refractivity (Wildman–Crippen MR) is 116 cm³/mol. The summed E-state index contributed by atoms with van der Waals surface area (Å²) in [5.41, 5.74) is 2.01. The highest BCUT2D eigenvalue weighted by Gasteiger charge is 2.17. The van der Waals surface area contributed by atoms with Crippen LogP contribution in [0.15, 0.2) is 84.0 Å². The Kier molecular flexibility index (Phi) is 5.43. The number of nitrogens with one attached hydrogen (secondary N) is 2. The molecule has 9 heteroatoms. The van der Waals surface area contributed by atoms with Gasteiger partial charge in [-0.2, -0.15) is 0 Å². The number of halogens is 1. The zero-order valence-electron chi connectivity index (χ0n) is 15.6. The van der Waals surface area contributed by atoms with Crippen molar-refractivity contribution >= 4 is 44.6 Å². The Bertz CT molecular complexity index is 1300. The zero-order valence-corrected chi connectivity index (χ0v) is 17.2. The van der Waals surface area contributed by atoms with Crippen LogP contribution in [0.4, 0.5) is 11.4 Å². The fraction of sp³-hybridized carbons (Fsp3) is 0.0476. The van der Waals surface area contributed by atoms with Gasteiger partial charge in [-0.05, 0) is 42.5 Å². The normalized spacial score (nSPS) is 11.4. The maximum Gasteiger partial charge on any atom is 0.262 e. The minimum absolute atomic E-state index is 0.00736. The predicted octanol–water partition coefficient (Wildman–Crippen LogP) is 3.97. The fourth-order valence-corrected chi connectivity index (χ4v) is 4.29. The van der Waals surface area contributed by atoms with Crippen molar-refractivity contribution in [1.29, 1.82) is 0 Å². The Balaban J connectivity index is 1.48. The van der Waals surface area contributed by atoms with E-state index in [-0.39, 0.29) is 27.9 Å². The third kappa shape index (κ3) is 4.45. The number of hydrogen-bond acceptors (Lipinski definition) is 4. The highest BCUT2D eigenvalue weighted by molar-refractivity contribution is 7.92. The molecule has 1 amide bonds. The van der Waals surface area contributed by atoms with Crippen molar-refractivity contribution in [1.82, 2.24) is 9.38 Å². The van der Waals surface area contributed by atoms with E-state index in [0.29, 0.717) is 11.4 Å². The molecule has 0 atom stereocenters. The van der Waals surface area contributed by atoms with Crippen LogP contribution in [0, 0.1) is 0 Å². The monoisotopic (exact) mass is 440 g/mol. The molecule has 0 saturated heterocycles. The van der Waals surface area contributed by atoms with E-state index in [1.807, 2.05) is 28.8 Å². The first kappa shape index (κ1) is 19.9. The van der Waals surface area contributed by atoms with E-state index in [2.05, 4.69) is 15.0 Å². The standard InChI is InChI=1S/C21H17ClN4O3S/c22-18-8-1-2-9-19(18)25-30(28,29)17-7-5-6-15(12-17)24-21(27)13-16-14-26-11-4-3-10-20(26)23-16/h1-12,14,25H,13H2,(H,24,27). The van der Waals surface area contributed by atoms with Crippen LogP contribution in [0.1, 0.15) is 5.69 Å². The van der Waals surface area contributed by atoms with Crippen LogP contribution < -0.4 is 10.0 Å². The molecule has 4 aromatic rings. The average molecular weight is 441 g/mol. The Morgan fingerprint density at radius 3 is 2.63 bits per heavy atom. The van der Waals surface area contributed by atoms with Crippen LogP contribution in [0.2, 0.25) is 5.02 Å². The van der Waals surface area contributed by atoms with Gasteiger partial charge in [0.15, 0.2) is 0 Å². The molecule has 2 aromatic heterocycles. The van der Waals surface area contributed by atoms with E-state index in [1.54, 1.807) is 42.6 Å². The van der Waals surface area contributed by atoms with Gasteiger partial charge in [0.05, 0.1) is 27.7 Å². The summed E-state index contributed by atoms with van der Waals surface area (Å²) in [7, 11) is -3.87. The highest BCUT2D eigenvalue weighted by Crippen LogP contribution is 2.25. The van der Waals surface area contributed by atoms with E-state index in [0.717, 1.165) is 5.65 Å². The van der Waals surface area contributed by atoms with Crippen molar-refractivity contribution in [2.75, 3.05) is 10.0 Å². The van der Waals surface area contributed by atoms with Gasteiger partial charge >= 0.3 is 0 Å². The molecule has 0 radical (unpaired) electrons. The smallest absolute Gasteiger partial charge is 0.262 e. The molecule has 0 aliphatic rings. The van der Waals surface area contributed by atoms with Crippen LogP contribution in [-0.2, 0) is 21.2 Å². The number of para-hydroxylation sites is 1. The number of sulfonamides is 1. The Hall–Kier alpha value is -3.36. The first-order valence-electron chi connectivity index (χ1n) is 9.01. The molecule has 152 valence electrons. The number of benzene rings is 2. The van der Waals surface area contributed by atoms with Crippen molar-refractivity contribution in [3.63, 3.8) is 0 Å². The van der Waals surface area contributed by atoms with E-state index in [4.69, 9.17) is 11.6 Å². The largest absolute Gasteiger partial charge is 0.326 e. The summed E-state index contributed by atoms with van der Waals surface area (Å²) >= 11 is 6.03. The lowest BCUT2D eigenvalue weighted by molar-refractivity contribution is -0.115. The molecule has 0 saturated carbocycles. The molecular weight excluding hydrogens is 424 g/mol. The van der Waals surface area contributed by atoms with Gasteiger partial charge in [0.25, 0.3) is 10.0 Å². The molecule has 0 aliphatic carbocycles. The SMILES string of the molecule is O=C(Cc1cn2ccccc2n1)Nc1cccc(S(=O)(=O)Nc2ccccc2Cl)c1.